The van der Waals surface area contributed by atoms with Crippen molar-refractivity contribution in [2.75, 3.05) is 13.7 Å². The smallest absolute Gasteiger partial charge is 0.272 e. The summed E-state index contributed by atoms with van der Waals surface area (Å²) in [5, 5.41) is 3.07. The van der Waals surface area contributed by atoms with Crippen LogP contribution in [0.1, 0.15) is 10.5 Å². The van der Waals surface area contributed by atoms with Crippen LogP contribution in [0.3, 0.4) is 0 Å². The summed E-state index contributed by atoms with van der Waals surface area (Å²) in [4.78, 5) is 21.9. The number of halogens is 1. The summed E-state index contributed by atoms with van der Waals surface area (Å²) in [6.07, 6.45) is 0. The molecule has 0 radical (unpaired) electrons. The third kappa shape index (κ3) is 2.65. The lowest BCUT2D eigenvalue weighted by atomic mass is 10.4. The van der Waals surface area contributed by atoms with Crippen molar-refractivity contribution >= 4 is 16.8 Å². The van der Waals surface area contributed by atoms with E-state index in [-0.39, 0.29) is 11.3 Å². The second-order valence-electron chi connectivity index (χ2n) is 2.55. The van der Waals surface area contributed by atoms with E-state index in [0.29, 0.717) is 13.2 Å². The Morgan fingerprint density at radius 2 is 2.36 bits per heavy atom. The molecule has 0 bridgehead atoms. The molecular weight excluding hydrogens is 208 g/mol. The first-order valence-corrected chi connectivity index (χ1v) is 4.30. The molecular formula is C8H9ClN2O3. The van der Waals surface area contributed by atoms with Gasteiger partial charge in [-0.05, 0) is 17.7 Å². The largest absolute Gasteiger partial charge is 0.383 e. The van der Waals surface area contributed by atoms with Crippen LogP contribution in [0, 0.1) is 0 Å². The monoisotopic (exact) mass is 216 g/mol. The molecule has 1 aromatic rings. The van der Waals surface area contributed by atoms with Gasteiger partial charge in [-0.1, -0.05) is 0 Å². The normalized spacial score (nSPS) is 10.1. The Balaban J connectivity index is 2.96. The lowest BCUT2D eigenvalue weighted by Gasteiger charge is -2.03. The van der Waals surface area contributed by atoms with Gasteiger partial charge in [0.25, 0.3) is 10.8 Å². The lowest BCUT2D eigenvalue weighted by Crippen LogP contribution is -2.25. The van der Waals surface area contributed by atoms with Gasteiger partial charge >= 0.3 is 0 Å². The minimum absolute atomic E-state index is 0.0577. The highest BCUT2D eigenvalue weighted by atomic mass is 35.5. The molecule has 1 aromatic heterocycles. The van der Waals surface area contributed by atoms with Gasteiger partial charge in [-0.25, -0.2) is 4.68 Å². The molecule has 0 N–H and O–H groups in total. The Kier molecular flexibility index (Phi) is 3.79. The van der Waals surface area contributed by atoms with Crippen molar-refractivity contribution in [1.29, 1.82) is 0 Å². The van der Waals surface area contributed by atoms with Crippen LogP contribution in [-0.4, -0.2) is 28.7 Å². The predicted molar refractivity (Wildman–Crippen MR) is 50.6 cm³/mol. The van der Waals surface area contributed by atoms with Gasteiger partial charge in [0.2, 0.25) is 0 Å². The van der Waals surface area contributed by atoms with Crippen molar-refractivity contribution in [2.24, 2.45) is 0 Å². The van der Waals surface area contributed by atoms with Crippen molar-refractivity contribution in [3.63, 3.8) is 0 Å². The number of ether oxygens (including phenoxy) is 1. The number of nitrogens with zero attached hydrogens (tertiary/aromatic N) is 2. The van der Waals surface area contributed by atoms with Gasteiger partial charge in [0.05, 0.1) is 13.2 Å². The SMILES string of the molecule is COCCn1nc(C(=O)Cl)ccc1=O. The van der Waals surface area contributed by atoms with Crippen molar-refractivity contribution < 1.29 is 9.53 Å². The minimum atomic E-state index is -0.684. The summed E-state index contributed by atoms with van der Waals surface area (Å²) in [5.41, 5.74) is -0.230. The highest BCUT2D eigenvalue weighted by Gasteiger charge is 2.05. The number of carbonyl (C=O) groups excluding carboxylic acids is 1. The fourth-order valence-corrected chi connectivity index (χ4v) is 0.992. The van der Waals surface area contributed by atoms with E-state index < -0.39 is 5.24 Å². The Labute approximate surface area is 85.2 Å². The van der Waals surface area contributed by atoms with E-state index >= 15 is 0 Å². The molecule has 0 aromatic carbocycles. The molecule has 0 aliphatic carbocycles. The van der Waals surface area contributed by atoms with Gasteiger partial charge in [-0.2, -0.15) is 5.10 Å². The number of rotatable bonds is 4. The number of aromatic nitrogens is 2. The summed E-state index contributed by atoms with van der Waals surface area (Å²) >= 11 is 5.21. The second kappa shape index (κ2) is 4.88. The van der Waals surface area contributed by atoms with E-state index in [1.165, 1.54) is 19.2 Å². The quantitative estimate of drug-likeness (QED) is 0.678. The molecule has 0 unspecified atom stereocenters. The van der Waals surface area contributed by atoms with Gasteiger partial charge in [-0.15, -0.1) is 0 Å². The van der Waals surface area contributed by atoms with E-state index in [1.807, 2.05) is 0 Å². The predicted octanol–water partition coefficient (Wildman–Crippen LogP) is 0.269. The summed E-state index contributed by atoms with van der Waals surface area (Å²) in [6, 6.07) is 2.54. The molecule has 0 saturated heterocycles. The van der Waals surface area contributed by atoms with E-state index in [4.69, 9.17) is 16.3 Å². The highest BCUT2D eigenvalue weighted by Crippen LogP contribution is 1.95. The molecule has 0 saturated carbocycles. The average molecular weight is 217 g/mol. The molecule has 0 amide bonds. The first kappa shape index (κ1) is 10.9. The maximum Gasteiger partial charge on any atom is 0.272 e. The van der Waals surface area contributed by atoms with Crippen LogP contribution < -0.4 is 5.56 Å². The molecule has 1 rings (SSSR count). The molecule has 0 aliphatic rings. The van der Waals surface area contributed by atoms with E-state index in [9.17, 15) is 9.59 Å². The third-order valence-electron chi connectivity index (χ3n) is 1.58. The number of hydrogen-bond donors (Lipinski definition) is 0. The lowest BCUT2D eigenvalue weighted by molar-refractivity contribution is 0.107. The fraction of sp³-hybridized carbons (Fsp3) is 0.375. The second-order valence-corrected chi connectivity index (χ2v) is 2.89. The van der Waals surface area contributed by atoms with Gasteiger partial charge < -0.3 is 4.74 Å². The zero-order valence-corrected chi connectivity index (χ0v) is 8.32. The van der Waals surface area contributed by atoms with Crippen molar-refractivity contribution in [3.8, 4) is 0 Å². The zero-order valence-electron chi connectivity index (χ0n) is 7.57. The maximum absolute atomic E-state index is 11.2. The highest BCUT2D eigenvalue weighted by molar-refractivity contribution is 6.67. The fourth-order valence-electron chi connectivity index (χ4n) is 0.892. The molecule has 0 atom stereocenters. The minimum Gasteiger partial charge on any atom is -0.383 e. The summed E-state index contributed by atoms with van der Waals surface area (Å²) in [5.74, 6) is 0. The van der Waals surface area contributed by atoms with Gasteiger partial charge in [0.15, 0.2) is 0 Å². The summed E-state index contributed by atoms with van der Waals surface area (Å²) in [7, 11) is 1.52. The topological polar surface area (TPSA) is 61.2 Å². The van der Waals surface area contributed by atoms with E-state index in [1.54, 1.807) is 0 Å². The van der Waals surface area contributed by atoms with E-state index in [2.05, 4.69) is 5.10 Å². The number of methoxy groups -OCH3 is 1. The van der Waals surface area contributed by atoms with Crippen LogP contribution >= 0.6 is 11.6 Å². The van der Waals surface area contributed by atoms with Gasteiger partial charge in [-0.3, -0.25) is 9.59 Å². The Hall–Kier alpha value is -1.20. The average Bonchev–Trinajstić information content (AvgIpc) is 2.16. The Morgan fingerprint density at radius 3 is 2.93 bits per heavy atom. The molecule has 6 heteroatoms. The van der Waals surface area contributed by atoms with E-state index in [0.717, 1.165) is 4.68 Å². The summed E-state index contributed by atoms with van der Waals surface area (Å²) in [6.45, 7) is 0.653. The van der Waals surface area contributed by atoms with Crippen LogP contribution in [-0.2, 0) is 11.3 Å². The van der Waals surface area contributed by atoms with Gasteiger partial charge in [0.1, 0.15) is 5.69 Å². The van der Waals surface area contributed by atoms with Crippen molar-refractivity contribution in [3.05, 3.63) is 28.2 Å². The van der Waals surface area contributed by atoms with Crippen LogP contribution in [0.25, 0.3) is 0 Å². The van der Waals surface area contributed by atoms with Crippen LogP contribution in [0.4, 0.5) is 0 Å². The Bertz CT molecular complexity index is 388. The molecule has 0 spiro atoms. The first-order valence-electron chi connectivity index (χ1n) is 3.92. The van der Waals surface area contributed by atoms with Gasteiger partial charge in [0, 0.05) is 13.2 Å². The number of hydrogen-bond acceptors (Lipinski definition) is 4. The molecule has 1 heterocycles. The molecule has 14 heavy (non-hydrogen) atoms. The summed E-state index contributed by atoms with van der Waals surface area (Å²) < 4.78 is 5.92. The molecule has 0 fully saturated rings. The zero-order chi connectivity index (χ0) is 10.6. The van der Waals surface area contributed by atoms with Crippen LogP contribution in [0.2, 0.25) is 0 Å². The molecule has 76 valence electrons. The number of carbonyl (C=O) groups is 1. The third-order valence-corrected chi connectivity index (χ3v) is 1.77. The molecule has 5 nitrogen and oxygen atoms in total. The Morgan fingerprint density at radius 1 is 1.64 bits per heavy atom. The van der Waals surface area contributed by atoms with Crippen LogP contribution in [0.5, 0.6) is 0 Å². The first-order chi connectivity index (χ1) is 6.65. The van der Waals surface area contributed by atoms with Crippen molar-refractivity contribution in [1.82, 2.24) is 9.78 Å². The molecule has 0 aliphatic heterocycles. The maximum atomic E-state index is 11.2. The van der Waals surface area contributed by atoms with Crippen LogP contribution in [0.15, 0.2) is 16.9 Å². The van der Waals surface area contributed by atoms with Crippen molar-refractivity contribution in [2.45, 2.75) is 6.54 Å². The standard InChI is InChI=1S/C8H9ClN2O3/c1-14-5-4-11-7(12)3-2-6(10-11)8(9)13/h2-3H,4-5H2,1H3.